The fraction of sp³-hybridized carbons (Fsp3) is 0.300. The summed E-state index contributed by atoms with van der Waals surface area (Å²) in [4.78, 5) is 10.5. The minimum absolute atomic E-state index is 0.00705. The lowest BCUT2D eigenvalue weighted by molar-refractivity contribution is 0.111. The molecule has 0 N–H and O–H groups in total. The van der Waals surface area contributed by atoms with Crippen LogP contribution in [0.5, 0.6) is 5.75 Å². The number of hydrogen-bond donors (Lipinski definition) is 0. The van der Waals surface area contributed by atoms with Crippen LogP contribution in [0.2, 0.25) is 0 Å². The van der Waals surface area contributed by atoms with E-state index in [1.807, 2.05) is 0 Å². The maximum absolute atomic E-state index is 13.1. The smallest absolute Gasteiger partial charge is 0.165 e. The number of carbonyl (C=O) groups excluding carboxylic acids is 1. The monoisotopic (exact) mass is 216 g/mol. The number of ether oxygens (including phenoxy) is 1. The number of halogens is 2. The summed E-state index contributed by atoms with van der Waals surface area (Å²) >= 11 is 5.44. The third-order valence-electron chi connectivity index (χ3n) is 1.65. The van der Waals surface area contributed by atoms with Gasteiger partial charge in [0.2, 0.25) is 0 Å². The molecular formula is C10H10ClFO2. The van der Waals surface area contributed by atoms with Crippen LogP contribution in [0.25, 0.3) is 0 Å². The topological polar surface area (TPSA) is 26.3 Å². The Labute approximate surface area is 86.6 Å². The number of rotatable bonds is 5. The highest BCUT2D eigenvalue weighted by Crippen LogP contribution is 2.21. The van der Waals surface area contributed by atoms with E-state index in [0.29, 0.717) is 25.2 Å². The molecule has 0 atom stereocenters. The maximum atomic E-state index is 13.1. The van der Waals surface area contributed by atoms with Gasteiger partial charge in [0.05, 0.1) is 12.2 Å². The van der Waals surface area contributed by atoms with Crippen molar-refractivity contribution in [1.82, 2.24) is 0 Å². The molecule has 1 rings (SSSR count). The van der Waals surface area contributed by atoms with Crippen molar-refractivity contribution in [3.63, 3.8) is 0 Å². The lowest BCUT2D eigenvalue weighted by Gasteiger charge is -2.07. The van der Waals surface area contributed by atoms with Crippen molar-refractivity contribution in [3.8, 4) is 5.75 Å². The van der Waals surface area contributed by atoms with E-state index >= 15 is 0 Å². The molecule has 0 radical (unpaired) electrons. The number of carbonyl (C=O) groups is 1. The molecule has 1 aromatic rings. The van der Waals surface area contributed by atoms with Crippen LogP contribution in [-0.2, 0) is 0 Å². The molecule has 0 heterocycles. The van der Waals surface area contributed by atoms with Crippen LogP contribution in [0.15, 0.2) is 18.2 Å². The molecule has 0 amide bonds. The van der Waals surface area contributed by atoms with Gasteiger partial charge in [-0.15, -0.1) is 11.6 Å². The van der Waals surface area contributed by atoms with Crippen molar-refractivity contribution in [2.75, 3.05) is 12.5 Å². The Balaban J connectivity index is 2.77. The molecule has 4 heteroatoms. The molecule has 0 unspecified atom stereocenters. The summed E-state index contributed by atoms with van der Waals surface area (Å²) in [5, 5.41) is 0. The van der Waals surface area contributed by atoms with Gasteiger partial charge in [0.1, 0.15) is 0 Å². The Morgan fingerprint density at radius 1 is 1.50 bits per heavy atom. The van der Waals surface area contributed by atoms with Gasteiger partial charge in [-0.3, -0.25) is 4.79 Å². The zero-order chi connectivity index (χ0) is 10.4. The van der Waals surface area contributed by atoms with Crippen molar-refractivity contribution in [2.45, 2.75) is 6.42 Å². The average molecular weight is 217 g/mol. The summed E-state index contributed by atoms with van der Waals surface area (Å²) in [6.07, 6.45) is 1.19. The van der Waals surface area contributed by atoms with Crippen LogP contribution in [0.3, 0.4) is 0 Å². The predicted octanol–water partition coefficient (Wildman–Crippen LogP) is 2.65. The molecule has 0 aliphatic heterocycles. The van der Waals surface area contributed by atoms with Crippen molar-refractivity contribution < 1.29 is 13.9 Å². The summed E-state index contributed by atoms with van der Waals surface area (Å²) in [6.45, 7) is 0.311. The standard InChI is InChI=1S/C10H10ClFO2/c11-5-2-6-14-10-8(7-13)3-1-4-9(10)12/h1,3-4,7H,2,5-6H2. The van der Waals surface area contributed by atoms with Gasteiger partial charge in [0.15, 0.2) is 17.9 Å². The molecule has 0 bridgehead atoms. The van der Waals surface area contributed by atoms with E-state index < -0.39 is 5.82 Å². The van der Waals surface area contributed by atoms with Gasteiger partial charge in [-0.1, -0.05) is 6.07 Å². The second-order valence-electron chi connectivity index (χ2n) is 2.67. The number of benzene rings is 1. The van der Waals surface area contributed by atoms with Gasteiger partial charge in [-0.05, 0) is 18.6 Å². The summed E-state index contributed by atoms with van der Waals surface area (Å²) in [6, 6.07) is 4.22. The van der Waals surface area contributed by atoms with Crippen LogP contribution in [-0.4, -0.2) is 18.8 Å². The minimum atomic E-state index is -0.524. The highest BCUT2D eigenvalue weighted by molar-refractivity contribution is 6.17. The molecule has 0 aromatic heterocycles. The largest absolute Gasteiger partial charge is 0.490 e. The Bertz CT molecular complexity index is 315. The van der Waals surface area contributed by atoms with Crippen LogP contribution in [0, 0.1) is 5.82 Å². The Kier molecular flexibility index (Phi) is 4.40. The fourth-order valence-electron chi connectivity index (χ4n) is 0.999. The van der Waals surface area contributed by atoms with Crippen LogP contribution in [0.1, 0.15) is 16.8 Å². The number of hydrogen-bond acceptors (Lipinski definition) is 2. The van der Waals surface area contributed by atoms with Gasteiger partial charge in [0, 0.05) is 5.88 Å². The summed E-state index contributed by atoms with van der Waals surface area (Å²) in [5.74, 6) is -0.0676. The van der Waals surface area contributed by atoms with E-state index in [2.05, 4.69) is 0 Å². The molecule has 0 aliphatic carbocycles. The molecule has 0 spiro atoms. The van der Waals surface area contributed by atoms with Crippen LogP contribution < -0.4 is 4.74 Å². The Morgan fingerprint density at radius 3 is 2.93 bits per heavy atom. The molecular weight excluding hydrogens is 207 g/mol. The van der Waals surface area contributed by atoms with Crippen LogP contribution in [0.4, 0.5) is 4.39 Å². The second-order valence-corrected chi connectivity index (χ2v) is 3.04. The third kappa shape index (κ3) is 2.70. The molecule has 0 saturated heterocycles. The number of para-hydroxylation sites is 1. The number of aldehydes is 1. The predicted molar refractivity (Wildman–Crippen MR) is 52.6 cm³/mol. The van der Waals surface area contributed by atoms with Gasteiger partial charge < -0.3 is 4.74 Å². The van der Waals surface area contributed by atoms with E-state index in [-0.39, 0.29) is 11.3 Å². The Morgan fingerprint density at radius 2 is 2.29 bits per heavy atom. The van der Waals surface area contributed by atoms with Crippen molar-refractivity contribution >= 4 is 17.9 Å². The minimum Gasteiger partial charge on any atom is -0.490 e. The first-order valence-electron chi connectivity index (χ1n) is 4.22. The van der Waals surface area contributed by atoms with Gasteiger partial charge in [0.25, 0.3) is 0 Å². The van der Waals surface area contributed by atoms with Crippen LogP contribution >= 0.6 is 11.6 Å². The first-order valence-corrected chi connectivity index (χ1v) is 4.75. The van der Waals surface area contributed by atoms with Gasteiger partial charge in [-0.2, -0.15) is 0 Å². The summed E-state index contributed by atoms with van der Waals surface area (Å²) < 4.78 is 18.3. The second kappa shape index (κ2) is 5.60. The maximum Gasteiger partial charge on any atom is 0.165 e. The average Bonchev–Trinajstić information content (AvgIpc) is 2.20. The van der Waals surface area contributed by atoms with E-state index in [9.17, 15) is 9.18 Å². The van der Waals surface area contributed by atoms with E-state index in [4.69, 9.17) is 16.3 Å². The highest BCUT2D eigenvalue weighted by Gasteiger charge is 2.08. The molecule has 2 nitrogen and oxygen atoms in total. The summed E-state index contributed by atoms with van der Waals surface area (Å²) in [7, 11) is 0. The molecule has 0 saturated carbocycles. The van der Waals surface area contributed by atoms with Crippen molar-refractivity contribution in [1.29, 1.82) is 0 Å². The molecule has 0 aliphatic rings. The molecule has 76 valence electrons. The quantitative estimate of drug-likeness (QED) is 0.430. The molecule has 14 heavy (non-hydrogen) atoms. The molecule has 0 fully saturated rings. The normalized spacial score (nSPS) is 9.86. The fourth-order valence-corrected chi connectivity index (χ4v) is 1.11. The van der Waals surface area contributed by atoms with E-state index in [0.717, 1.165) is 0 Å². The van der Waals surface area contributed by atoms with E-state index in [1.54, 1.807) is 0 Å². The lowest BCUT2D eigenvalue weighted by Crippen LogP contribution is -2.02. The lowest BCUT2D eigenvalue weighted by atomic mass is 10.2. The van der Waals surface area contributed by atoms with Gasteiger partial charge in [-0.25, -0.2) is 4.39 Å². The Hall–Kier alpha value is -1.09. The highest BCUT2D eigenvalue weighted by atomic mass is 35.5. The SMILES string of the molecule is O=Cc1cccc(F)c1OCCCCl. The van der Waals surface area contributed by atoms with E-state index in [1.165, 1.54) is 18.2 Å². The first-order chi connectivity index (χ1) is 6.79. The van der Waals surface area contributed by atoms with Crippen molar-refractivity contribution in [2.24, 2.45) is 0 Å². The summed E-state index contributed by atoms with van der Waals surface area (Å²) in [5.41, 5.74) is 0.222. The van der Waals surface area contributed by atoms with Gasteiger partial charge >= 0.3 is 0 Å². The number of alkyl halides is 1. The zero-order valence-corrected chi connectivity index (χ0v) is 8.26. The first kappa shape index (κ1) is 11.0. The zero-order valence-electron chi connectivity index (χ0n) is 7.50. The third-order valence-corrected chi connectivity index (χ3v) is 1.92. The molecule has 1 aromatic carbocycles. The van der Waals surface area contributed by atoms with Crippen molar-refractivity contribution in [3.05, 3.63) is 29.6 Å².